The molecule has 0 amide bonds. The van der Waals surface area contributed by atoms with E-state index in [-0.39, 0.29) is 5.78 Å². The van der Waals surface area contributed by atoms with Gasteiger partial charge >= 0.3 is 0 Å². The van der Waals surface area contributed by atoms with Crippen molar-refractivity contribution in [3.63, 3.8) is 0 Å². The molecule has 4 nitrogen and oxygen atoms in total. The van der Waals surface area contributed by atoms with Gasteiger partial charge in [0, 0.05) is 13.1 Å². The van der Waals surface area contributed by atoms with Gasteiger partial charge < -0.3 is 5.32 Å². The summed E-state index contributed by atoms with van der Waals surface area (Å²) in [5.41, 5.74) is 0.999. The molecule has 0 saturated carbocycles. The number of hydrogen-bond acceptors (Lipinski definition) is 5. The Bertz CT molecular complexity index is 555. The van der Waals surface area contributed by atoms with Crippen LogP contribution in [0.3, 0.4) is 0 Å². The molecule has 0 unspecified atom stereocenters. The van der Waals surface area contributed by atoms with Crippen molar-refractivity contribution in [1.29, 1.82) is 0 Å². The molecule has 1 fully saturated rings. The van der Waals surface area contributed by atoms with Crippen LogP contribution in [-0.4, -0.2) is 48.4 Å². The monoisotopic (exact) mass is 289 g/mol. The maximum Gasteiger partial charge on any atom is 0.153 e. The average Bonchev–Trinajstić information content (AvgIpc) is 2.66. The number of ketones is 1. The highest BCUT2D eigenvalue weighted by atomic mass is 32.1. The zero-order chi connectivity index (χ0) is 13.8. The third-order valence-electron chi connectivity index (χ3n) is 3.52. The van der Waals surface area contributed by atoms with E-state index in [4.69, 9.17) is 0 Å². The normalized spacial score (nSPS) is 17.2. The fourth-order valence-electron chi connectivity index (χ4n) is 2.53. The Hall–Kier alpha value is -1.30. The Morgan fingerprint density at radius 3 is 3.10 bits per heavy atom. The Kier molecular flexibility index (Phi) is 4.40. The summed E-state index contributed by atoms with van der Waals surface area (Å²) < 4.78 is 1.16. The number of para-hydroxylation sites is 1. The summed E-state index contributed by atoms with van der Waals surface area (Å²) in [5.74, 6) is 0.269. The van der Waals surface area contributed by atoms with Gasteiger partial charge in [0.2, 0.25) is 0 Å². The average molecular weight is 289 g/mol. The predicted octanol–water partition coefficient (Wildman–Crippen LogP) is 1.70. The summed E-state index contributed by atoms with van der Waals surface area (Å²) in [4.78, 5) is 19.0. The predicted molar refractivity (Wildman–Crippen MR) is 82.3 cm³/mol. The zero-order valence-electron chi connectivity index (χ0n) is 11.5. The molecule has 1 aliphatic rings. The zero-order valence-corrected chi connectivity index (χ0v) is 12.3. The van der Waals surface area contributed by atoms with Crippen LogP contribution in [0.5, 0.6) is 0 Å². The maximum atomic E-state index is 12.2. The van der Waals surface area contributed by atoms with Gasteiger partial charge in [0.05, 0.1) is 23.2 Å². The van der Waals surface area contributed by atoms with Crippen molar-refractivity contribution < 1.29 is 4.79 Å². The van der Waals surface area contributed by atoms with E-state index in [1.54, 1.807) is 11.3 Å². The third-order valence-corrected chi connectivity index (χ3v) is 4.56. The van der Waals surface area contributed by atoms with E-state index in [9.17, 15) is 4.79 Å². The van der Waals surface area contributed by atoms with Gasteiger partial charge in [0.15, 0.2) is 5.78 Å². The SMILES string of the molecule is O=C(Cc1nc2ccccc2s1)CN1CCCNCC1. The van der Waals surface area contributed by atoms with Crippen molar-refractivity contribution in [3.8, 4) is 0 Å². The molecule has 2 aromatic rings. The van der Waals surface area contributed by atoms with E-state index < -0.39 is 0 Å². The van der Waals surface area contributed by atoms with E-state index in [2.05, 4.69) is 21.3 Å². The summed E-state index contributed by atoms with van der Waals surface area (Å²) in [5, 5.41) is 4.29. The van der Waals surface area contributed by atoms with Gasteiger partial charge in [-0.25, -0.2) is 4.98 Å². The molecule has 0 spiro atoms. The molecular formula is C15H19N3OS. The van der Waals surface area contributed by atoms with Crippen molar-refractivity contribution in [2.75, 3.05) is 32.7 Å². The molecule has 20 heavy (non-hydrogen) atoms. The number of rotatable bonds is 4. The Morgan fingerprint density at radius 2 is 2.20 bits per heavy atom. The molecular weight excluding hydrogens is 270 g/mol. The molecule has 1 aromatic carbocycles. The molecule has 2 heterocycles. The van der Waals surface area contributed by atoms with Crippen LogP contribution >= 0.6 is 11.3 Å². The lowest BCUT2D eigenvalue weighted by molar-refractivity contribution is -0.119. The Labute approximate surface area is 122 Å². The molecule has 1 N–H and O–H groups in total. The van der Waals surface area contributed by atoms with E-state index in [0.29, 0.717) is 13.0 Å². The van der Waals surface area contributed by atoms with E-state index in [1.165, 1.54) is 0 Å². The summed E-state index contributed by atoms with van der Waals surface area (Å²) in [7, 11) is 0. The molecule has 0 radical (unpaired) electrons. The van der Waals surface area contributed by atoms with Crippen LogP contribution in [0.15, 0.2) is 24.3 Å². The lowest BCUT2D eigenvalue weighted by atomic mass is 10.2. The molecule has 1 aromatic heterocycles. The maximum absolute atomic E-state index is 12.2. The molecule has 1 saturated heterocycles. The van der Waals surface area contributed by atoms with Gasteiger partial charge in [-0.15, -0.1) is 11.3 Å². The van der Waals surface area contributed by atoms with Gasteiger partial charge in [-0.1, -0.05) is 12.1 Å². The first-order valence-corrected chi connectivity index (χ1v) is 7.92. The van der Waals surface area contributed by atoms with Gasteiger partial charge in [-0.05, 0) is 31.6 Å². The lowest BCUT2D eigenvalue weighted by Gasteiger charge is -2.17. The second-order valence-corrected chi connectivity index (χ2v) is 6.29. The Balaban J connectivity index is 1.60. The number of carbonyl (C=O) groups excluding carboxylic acids is 1. The molecule has 5 heteroatoms. The topological polar surface area (TPSA) is 45.2 Å². The van der Waals surface area contributed by atoms with Gasteiger partial charge in [-0.3, -0.25) is 9.69 Å². The van der Waals surface area contributed by atoms with Gasteiger partial charge in [-0.2, -0.15) is 0 Å². The number of fused-ring (bicyclic) bond motifs is 1. The first kappa shape index (κ1) is 13.7. The summed E-state index contributed by atoms with van der Waals surface area (Å²) >= 11 is 1.63. The highest BCUT2D eigenvalue weighted by Gasteiger charge is 2.14. The minimum absolute atomic E-state index is 0.269. The van der Waals surface area contributed by atoms with Crippen LogP contribution in [-0.2, 0) is 11.2 Å². The third kappa shape index (κ3) is 3.42. The Morgan fingerprint density at radius 1 is 1.30 bits per heavy atom. The smallest absolute Gasteiger partial charge is 0.153 e. The number of Topliss-reactive ketones (excluding diaryl/α,β-unsaturated/α-hetero) is 1. The molecule has 0 aliphatic carbocycles. The number of aromatic nitrogens is 1. The minimum Gasteiger partial charge on any atom is -0.315 e. The van der Waals surface area contributed by atoms with Crippen molar-refractivity contribution in [3.05, 3.63) is 29.3 Å². The lowest BCUT2D eigenvalue weighted by Crippen LogP contribution is -2.33. The van der Waals surface area contributed by atoms with Crippen LogP contribution in [0.25, 0.3) is 10.2 Å². The van der Waals surface area contributed by atoms with Crippen molar-refractivity contribution in [2.24, 2.45) is 0 Å². The van der Waals surface area contributed by atoms with Crippen LogP contribution in [0, 0.1) is 0 Å². The summed E-state index contributed by atoms with van der Waals surface area (Å²) in [6, 6.07) is 8.05. The largest absolute Gasteiger partial charge is 0.315 e. The molecule has 106 valence electrons. The van der Waals surface area contributed by atoms with E-state index in [0.717, 1.165) is 47.8 Å². The first-order valence-electron chi connectivity index (χ1n) is 7.10. The highest BCUT2D eigenvalue weighted by Crippen LogP contribution is 2.21. The molecule has 0 atom stereocenters. The van der Waals surface area contributed by atoms with E-state index in [1.807, 2.05) is 18.2 Å². The summed E-state index contributed by atoms with van der Waals surface area (Å²) in [6.07, 6.45) is 1.58. The van der Waals surface area contributed by atoms with Gasteiger partial charge in [0.1, 0.15) is 5.01 Å². The number of thiazole rings is 1. The quantitative estimate of drug-likeness (QED) is 0.930. The second kappa shape index (κ2) is 6.43. The van der Waals surface area contributed by atoms with E-state index >= 15 is 0 Å². The molecule has 3 rings (SSSR count). The van der Waals surface area contributed by atoms with Crippen LogP contribution < -0.4 is 5.32 Å². The fourth-order valence-corrected chi connectivity index (χ4v) is 3.53. The number of nitrogens with zero attached hydrogens (tertiary/aromatic N) is 2. The van der Waals surface area contributed by atoms with Crippen LogP contribution in [0.4, 0.5) is 0 Å². The van der Waals surface area contributed by atoms with Crippen molar-refractivity contribution in [2.45, 2.75) is 12.8 Å². The van der Waals surface area contributed by atoms with Gasteiger partial charge in [0.25, 0.3) is 0 Å². The second-order valence-electron chi connectivity index (χ2n) is 5.17. The number of carbonyl (C=O) groups is 1. The fraction of sp³-hybridized carbons (Fsp3) is 0.467. The highest BCUT2D eigenvalue weighted by molar-refractivity contribution is 7.18. The minimum atomic E-state index is 0.269. The number of nitrogens with one attached hydrogen (secondary N) is 1. The molecule has 0 bridgehead atoms. The number of benzene rings is 1. The van der Waals surface area contributed by atoms with Crippen molar-refractivity contribution in [1.82, 2.24) is 15.2 Å². The number of hydrogen-bond donors (Lipinski definition) is 1. The standard InChI is InChI=1S/C15H19N3OS/c19-12(11-18-8-3-6-16-7-9-18)10-15-17-13-4-1-2-5-14(13)20-15/h1-2,4-5,16H,3,6-11H2. The van der Waals surface area contributed by atoms with Crippen molar-refractivity contribution >= 4 is 27.3 Å². The summed E-state index contributed by atoms with van der Waals surface area (Å²) in [6.45, 7) is 4.57. The molecule has 1 aliphatic heterocycles. The van der Waals surface area contributed by atoms with Crippen LogP contribution in [0.1, 0.15) is 11.4 Å². The van der Waals surface area contributed by atoms with Crippen LogP contribution in [0.2, 0.25) is 0 Å². The first-order chi connectivity index (χ1) is 9.81.